The van der Waals surface area contributed by atoms with Crippen molar-refractivity contribution in [2.45, 2.75) is 12.8 Å². The second-order valence-corrected chi connectivity index (χ2v) is 7.01. The van der Waals surface area contributed by atoms with E-state index in [-0.39, 0.29) is 11.7 Å². The summed E-state index contributed by atoms with van der Waals surface area (Å²) in [7, 11) is 0. The fourth-order valence-electron chi connectivity index (χ4n) is 3.18. The van der Waals surface area contributed by atoms with Gasteiger partial charge in [0, 0.05) is 11.4 Å². The van der Waals surface area contributed by atoms with Gasteiger partial charge in [-0.05, 0) is 73.5 Å². The fraction of sp³-hybridized carbons (Fsp3) is 0.130. The number of benzene rings is 3. The Labute approximate surface area is 168 Å². The Hall–Kier alpha value is -3.80. The van der Waals surface area contributed by atoms with E-state index in [9.17, 15) is 14.7 Å². The predicted molar refractivity (Wildman–Crippen MR) is 109 cm³/mol. The maximum atomic E-state index is 13.3. The molecule has 1 saturated carbocycles. The third-order valence-electron chi connectivity index (χ3n) is 5.02. The first-order valence-electron chi connectivity index (χ1n) is 9.26. The number of phenols is 1. The molecule has 6 heteroatoms. The second kappa shape index (κ2) is 7.31. The van der Waals surface area contributed by atoms with Crippen molar-refractivity contribution in [3.8, 4) is 17.2 Å². The quantitative estimate of drug-likeness (QED) is 0.622. The maximum Gasteiger partial charge on any atom is 0.247 e. The van der Waals surface area contributed by atoms with Gasteiger partial charge in [-0.15, -0.1) is 0 Å². The second-order valence-electron chi connectivity index (χ2n) is 7.01. The van der Waals surface area contributed by atoms with Crippen LogP contribution >= 0.6 is 0 Å². The van der Waals surface area contributed by atoms with Gasteiger partial charge in [0.05, 0.1) is 0 Å². The van der Waals surface area contributed by atoms with E-state index in [1.54, 1.807) is 36.4 Å². The van der Waals surface area contributed by atoms with Crippen LogP contribution in [0.4, 0.5) is 11.4 Å². The number of hydrogen-bond acceptors (Lipinski definition) is 4. The van der Waals surface area contributed by atoms with Crippen LogP contribution in [-0.4, -0.2) is 16.9 Å². The van der Waals surface area contributed by atoms with Crippen molar-refractivity contribution in [1.29, 1.82) is 0 Å². The van der Waals surface area contributed by atoms with Gasteiger partial charge in [0.15, 0.2) is 0 Å². The molecule has 4 rings (SSSR count). The van der Waals surface area contributed by atoms with Crippen molar-refractivity contribution in [2.24, 2.45) is 11.1 Å². The lowest BCUT2D eigenvalue weighted by Gasteiger charge is -2.26. The number of carbonyl (C=O) groups excluding carboxylic acids is 2. The van der Waals surface area contributed by atoms with Gasteiger partial charge in [0.1, 0.15) is 22.7 Å². The Kier molecular flexibility index (Phi) is 4.68. The van der Waals surface area contributed by atoms with Crippen LogP contribution in [0.2, 0.25) is 0 Å². The number of aromatic hydroxyl groups is 1. The van der Waals surface area contributed by atoms with E-state index in [0.717, 1.165) is 0 Å². The highest BCUT2D eigenvalue weighted by atomic mass is 16.5. The monoisotopic (exact) mass is 388 g/mol. The zero-order valence-corrected chi connectivity index (χ0v) is 15.6. The van der Waals surface area contributed by atoms with E-state index in [2.05, 4.69) is 0 Å². The number of primary amides is 1. The first-order chi connectivity index (χ1) is 14.0. The summed E-state index contributed by atoms with van der Waals surface area (Å²) in [6.07, 6.45) is 0.871. The molecule has 1 aliphatic carbocycles. The lowest BCUT2D eigenvalue weighted by atomic mass is 10.0. The average Bonchev–Trinajstić information content (AvgIpc) is 3.54. The normalized spacial score (nSPS) is 14.1. The van der Waals surface area contributed by atoms with Crippen molar-refractivity contribution in [1.82, 2.24) is 0 Å². The van der Waals surface area contributed by atoms with Gasteiger partial charge >= 0.3 is 0 Å². The molecule has 2 amide bonds. The van der Waals surface area contributed by atoms with Gasteiger partial charge in [-0.25, -0.2) is 0 Å². The van der Waals surface area contributed by atoms with Gasteiger partial charge in [-0.3, -0.25) is 14.5 Å². The van der Waals surface area contributed by atoms with E-state index in [4.69, 9.17) is 10.5 Å². The van der Waals surface area contributed by atoms with Gasteiger partial charge in [-0.1, -0.05) is 18.2 Å². The summed E-state index contributed by atoms with van der Waals surface area (Å²) in [5.41, 5.74) is 5.46. The van der Waals surface area contributed by atoms with Crippen LogP contribution in [0.1, 0.15) is 12.8 Å². The van der Waals surface area contributed by atoms with E-state index < -0.39 is 11.3 Å². The molecule has 3 aromatic carbocycles. The largest absolute Gasteiger partial charge is 0.508 e. The van der Waals surface area contributed by atoms with Crippen LogP contribution in [0.15, 0.2) is 78.9 Å². The molecular formula is C23H20N2O4. The number of ether oxygens (including phenoxy) is 1. The Morgan fingerprint density at radius 3 is 1.86 bits per heavy atom. The molecule has 3 aromatic rings. The molecule has 0 heterocycles. The number of amides is 2. The topological polar surface area (TPSA) is 92.9 Å². The van der Waals surface area contributed by atoms with Crippen LogP contribution in [-0.2, 0) is 9.59 Å². The number of anilines is 2. The minimum atomic E-state index is -1.17. The molecule has 0 atom stereocenters. The average molecular weight is 388 g/mol. The van der Waals surface area contributed by atoms with Crippen LogP contribution in [0.5, 0.6) is 17.2 Å². The van der Waals surface area contributed by atoms with E-state index in [1.165, 1.54) is 17.0 Å². The molecule has 0 aromatic heterocycles. The maximum absolute atomic E-state index is 13.3. The molecule has 0 spiro atoms. The standard InChI is InChI=1S/C23H20N2O4/c24-21(27)23(14-15-23)22(28)25(16-6-10-18(26)11-7-16)17-8-12-20(13-9-17)29-19-4-2-1-3-5-19/h1-13,26H,14-15H2,(H2,24,27). The van der Waals surface area contributed by atoms with Crippen LogP contribution in [0.25, 0.3) is 0 Å². The number of rotatable bonds is 6. The lowest BCUT2D eigenvalue weighted by molar-refractivity contribution is -0.133. The molecule has 0 unspecified atom stereocenters. The molecule has 1 aliphatic rings. The number of nitrogens with zero attached hydrogens (tertiary/aromatic N) is 1. The van der Waals surface area contributed by atoms with Crippen molar-refractivity contribution in [2.75, 3.05) is 4.90 Å². The summed E-state index contributed by atoms with van der Waals surface area (Å²) in [5.74, 6) is 0.429. The summed E-state index contributed by atoms with van der Waals surface area (Å²) in [5, 5.41) is 9.59. The molecule has 3 N–H and O–H groups in total. The summed E-state index contributed by atoms with van der Waals surface area (Å²) < 4.78 is 5.80. The smallest absolute Gasteiger partial charge is 0.247 e. The molecular weight excluding hydrogens is 368 g/mol. The third-order valence-corrected chi connectivity index (χ3v) is 5.02. The molecule has 0 radical (unpaired) electrons. The van der Waals surface area contributed by atoms with Crippen molar-refractivity contribution < 1.29 is 19.4 Å². The minimum Gasteiger partial charge on any atom is -0.508 e. The number of carbonyl (C=O) groups is 2. The molecule has 29 heavy (non-hydrogen) atoms. The van der Waals surface area contributed by atoms with Crippen molar-refractivity contribution >= 4 is 23.2 Å². The van der Waals surface area contributed by atoms with Crippen LogP contribution in [0.3, 0.4) is 0 Å². The minimum absolute atomic E-state index is 0.0868. The van der Waals surface area contributed by atoms with Gasteiger partial charge in [0.2, 0.25) is 11.8 Å². The molecule has 0 aliphatic heterocycles. The summed E-state index contributed by atoms with van der Waals surface area (Å²) >= 11 is 0. The fourth-order valence-corrected chi connectivity index (χ4v) is 3.18. The SMILES string of the molecule is NC(=O)C1(C(=O)N(c2ccc(O)cc2)c2ccc(Oc3ccccc3)cc2)CC1. The molecule has 6 nitrogen and oxygen atoms in total. The Balaban J connectivity index is 1.67. The van der Waals surface area contributed by atoms with Crippen LogP contribution < -0.4 is 15.4 Å². The zero-order valence-electron chi connectivity index (χ0n) is 15.6. The molecule has 0 bridgehead atoms. The number of hydrogen-bond donors (Lipinski definition) is 2. The van der Waals surface area contributed by atoms with E-state index in [0.29, 0.717) is 35.7 Å². The number of para-hydroxylation sites is 1. The third kappa shape index (κ3) is 3.65. The molecule has 146 valence electrons. The number of nitrogens with two attached hydrogens (primary N) is 1. The van der Waals surface area contributed by atoms with Gasteiger partial charge < -0.3 is 15.6 Å². The Morgan fingerprint density at radius 2 is 1.34 bits per heavy atom. The first kappa shape index (κ1) is 18.6. The Morgan fingerprint density at radius 1 is 0.828 bits per heavy atom. The predicted octanol–water partition coefficient (Wildman–Crippen LogP) is 4.11. The van der Waals surface area contributed by atoms with E-state index >= 15 is 0 Å². The zero-order chi connectivity index (χ0) is 20.4. The molecule has 0 saturated heterocycles. The van der Waals surface area contributed by atoms with Gasteiger partial charge in [-0.2, -0.15) is 0 Å². The first-order valence-corrected chi connectivity index (χ1v) is 9.26. The highest BCUT2D eigenvalue weighted by Crippen LogP contribution is 2.49. The molecule has 1 fully saturated rings. The van der Waals surface area contributed by atoms with Crippen molar-refractivity contribution in [3.63, 3.8) is 0 Å². The van der Waals surface area contributed by atoms with Gasteiger partial charge in [0.25, 0.3) is 0 Å². The summed E-state index contributed by atoms with van der Waals surface area (Å²) in [4.78, 5) is 26.6. The number of phenolic OH excluding ortho intramolecular Hbond substituents is 1. The summed E-state index contributed by atoms with van der Waals surface area (Å²) in [6, 6.07) is 22.6. The van der Waals surface area contributed by atoms with Crippen LogP contribution in [0, 0.1) is 5.41 Å². The lowest BCUT2D eigenvalue weighted by Crippen LogP contribution is -2.41. The summed E-state index contributed by atoms with van der Waals surface area (Å²) in [6.45, 7) is 0. The Bertz CT molecular complexity index is 1030. The van der Waals surface area contributed by atoms with E-state index in [1.807, 2.05) is 30.3 Å². The highest BCUT2D eigenvalue weighted by molar-refractivity contribution is 6.16. The highest BCUT2D eigenvalue weighted by Gasteiger charge is 2.57. The van der Waals surface area contributed by atoms with Crippen molar-refractivity contribution in [3.05, 3.63) is 78.9 Å².